The first-order valence-electron chi connectivity index (χ1n) is 5.34. The summed E-state index contributed by atoms with van der Waals surface area (Å²) in [6.07, 6.45) is 1.19. The van der Waals surface area contributed by atoms with Gasteiger partial charge in [-0.05, 0) is 12.1 Å². The zero-order chi connectivity index (χ0) is 12.3. The second-order valence-electron chi connectivity index (χ2n) is 3.64. The minimum atomic E-state index is -0.726. The van der Waals surface area contributed by atoms with E-state index >= 15 is 0 Å². The van der Waals surface area contributed by atoms with Gasteiger partial charge in [0.25, 0.3) is 0 Å². The van der Waals surface area contributed by atoms with Crippen molar-refractivity contribution in [2.24, 2.45) is 5.73 Å². The van der Waals surface area contributed by atoms with Crippen molar-refractivity contribution in [2.45, 2.75) is 17.7 Å². The van der Waals surface area contributed by atoms with E-state index in [0.29, 0.717) is 12.3 Å². The zero-order valence-electron chi connectivity index (χ0n) is 9.28. The Morgan fingerprint density at radius 2 is 2.29 bits per heavy atom. The summed E-state index contributed by atoms with van der Waals surface area (Å²) >= 11 is 1.41. The average Bonchev–Trinajstić information content (AvgIpc) is 2.73. The van der Waals surface area contributed by atoms with Crippen molar-refractivity contribution in [1.29, 1.82) is 0 Å². The van der Waals surface area contributed by atoms with Crippen LogP contribution in [-0.4, -0.2) is 38.1 Å². The number of aromatic nitrogens is 2. The molecule has 17 heavy (non-hydrogen) atoms. The molecule has 2 heterocycles. The molecule has 0 aromatic carbocycles. The number of fused-ring (bicyclic) bond motifs is 1. The van der Waals surface area contributed by atoms with Crippen LogP contribution in [0.5, 0.6) is 0 Å². The maximum absolute atomic E-state index is 9.32. The quantitative estimate of drug-likeness (QED) is 0.665. The highest BCUT2D eigenvalue weighted by Gasteiger charge is 2.12. The lowest BCUT2D eigenvalue weighted by Gasteiger charge is -2.05. The van der Waals surface area contributed by atoms with Gasteiger partial charge in [0.2, 0.25) is 0 Å². The molecule has 1 unspecified atom stereocenters. The SMILES string of the molecule is NCc1c(SCC(O)CO)nc2ccccn12. The first kappa shape index (κ1) is 12.4. The fraction of sp³-hybridized carbons (Fsp3) is 0.364. The van der Waals surface area contributed by atoms with E-state index in [1.165, 1.54) is 11.8 Å². The zero-order valence-corrected chi connectivity index (χ0v) is 10.1. The molecular formula is C11H15N3O2S. The lowest BCUT2D eigenvalue weighted by molar-refractivity contribution is 0.113. The van der Waals surface area contributed by atoms with Gasteiger partial charge < -0.3 is 20.3 Å². The van der Waals surface area contributed by atoms with Crippen molar-refractivity contribution < 1.29 is 10.2 Å². The molecule has 0 fully saturated rings. The van der Waals surface area contributed by atoms with Crippen molar-refractivity contribution >= 4 is 17.4 Å². The van der Waals surface area contributed by atoms with Crippen molar-refractivity contribution in [2.75, 3.05) is 12.4 Å². The average molecular weight is 253 g/mol. The minimum Gasteiger partial charge on any atom is -0.394 e. The number of nitrogens with two attached hydrogens (primary N) is 1. The topological polar surface area (TPSA) is 83.8 Å². The Hall–Kier alpha value is -1.08. The number of hydrogen-bond acceptors (Lipinski definition) is 5. The Balaban J connectivity index is 2.27. The first-order valence-corrected chi connectivity index (χ1v) is 6.32. The monoisotopic (exact) mass is 253 g/mol. The standard InChI is InChI=1S/C11H15N3O2S/c12-5-9-11(17-7-8(16)6-15)13-10-3-1-2-4-14(9)10/h1-4,8,15-16H,5-7,12H2. The molecule has 0 spiro atoms. The van der Waals surface area contributed by atoms with Gasteiger partial charge in [-0.1, -0.05) is 6.07 Å². The summed E-state index contributed by atoms with van der Waals surface area (Å²) in [5.74, 6) is 0.410. The Morgan fingerprint density at radius 1 is 1.47 bits per heavy atom. The molecule has 0 saturated carbocycles. The molecular weight excluding hydrogens is 238 g/mol. The van der Waals surface area contributed by atoms with Gasteiger partial charge in [0.15, 0.2) is 0 Å². The molecule has 2 aromatic rings. The Morgan fingerprint density at radius 3 is 3.00 bits per heavy atom. The fourth-order valence-corrected chi connectivity index (χ4v) is 2.52. The molecule has 0 saturated heterocycles. The normalized spacial score (nSPS) is 13.1. The van der Waals surface area contributed by atoms with Crippen molar-refractivity contribution in [3.63, 3.8) is 0 Å². The maximum atomic E-state index is 9.32. The van der Waals surface area contributed by atoms with Gasteiger partial charge in [-0.3, -0.25) is 0 Å². The molecule has 6 heteroatoms. The Bertz CT molecular complexity index is 500. The van der Waals surface area contributed by atoms with E-state index in [2.05, 4.69) is 4.98 Å². The van der Waals surface area contributed by atoms with Gasteiger partial charge in [0.1, 0.15) is 10.7 Å². The van der Waals surface area contributed by atoms with Gasteiger partial charge in [0, 0.05) is 18.5 Å². The second-order valence-corrected chi connectivity index (χ2v) is 4.65. The summed E-state index contributed by atoms with van der Waals surface area (Å²) in [6, 6.07) is 5.75. The largest absolute Gasteiger partial charge is 0.394 e. The van der Waals surface area contributed by atoms with Gasteiger partial charge in [0.05, 0.1) is 18.4 Å². The number of imidazole rings is 1. The summed E-state index contributed by atoms with van der Waals surface area (Å²) in [4.78, 5) is 4.44. The summed E-state index contributed by atoms with van der Waals surface area (Å²) < 4.78 is 1.94. The summed E-state index contributed by atoms with van der Waals surface area (Å²) in [6.45, 7) is 0.154. The van der Waals surface area contributed by atoms with Crippen molar-refractivity contribution in [3.8, 4) is 0 Å². The van der Waals surface area contributed by atoms with E-state index in [9.17, 15) is 5.11 Å². The van der Waals surface area contributed by atoms with E-state index in [0.717, 1.165) is 16.4 Å². The molecule has 2 aromatic heterocycles. The predicted octanol–water partition coefficient (Wildman–Crippen LogP) is 0.238. The first-order chi connectivity index (χ1) is 8.26. The van der Waals surface area contributed by atoms with Crippen LogP contribution >= 0.6 is 11.8 Å². The van der Waals surface area contributed by atoms with E-state index in [-0.39, 0.29) is 6.61 Å². The van der Waals surface area contributed by atoms with E-state index < -0.39 is 6.10 Å². The maximum Gasteiger partial charge on any atom is 0.138 e. The third-order valence-electron chi connectivity index (χ3n) is 2.41. The highest BCUT2D eigenvalue weighted by Crippen LogP contribution is 2.23. The molecule has 4 N–H and O–H groups in total. The van der Waals surface area contributed by atoms with Crippen LogP contribution in [0.25, 0.3) is 5.65 Å². The van der Waals surface area contributed by atoms with Crippen molar-refractivity contribution in [1.82, 2.24) is 9.38 Å². The summed E-state index contributed by atoms with van der Waals surface area (Å²) in [7, 11) is 0. The molecule has 2 rings (SSSR count). The van der Waals surface area contributed by atoms with Gasteiger partial charge in [-0.2, -0.15) is 0 Å². The van der Waals surface area contributed by atoms with Crippen LogP contribution in [0.4, 0.5) is 0 Å². The summed E-state index contributed by atoms with van der Waals surface area (Å²) in [5.41, 5.74) is 7.48. The molecule has 92 valence electrons. The van der Waals surface area contributed by atoms with Crippen LogP contribution in [-0.2, 0) is 6.54 Å². The van der Waals surface area contributed by atoms with Crippen molar-refractivity contribution in [3.05, 3.63) is 30.1 Å². The van der Waals surface area contributed by atoms with Crippen LogP contribution < -0.4 is 5.73 Å². The molecule has 0 amide bonds. The molecule has 5 nitrogen and oxygen atoms in total. The number of pyridine rings is 1. The highest BCUT2D eigenvalue weighted by atomic mass is 32.2. The molecule has 0 aliphatic heterocycles. The lowest BCUT2D eigenvalue weighted by atomic mass is 10.4. The number of aliphatic hydroxyl groups excluding tert-OH is 2. The molecule has 0 radical (unpaired) electrons. The van der Waals surface area contributed by atoms with Crippen LogP contribution in [0, 0.1) is 0 Å². The third kappa shape index (κ3) is 2.61. The minimum absolute atomic E-state index is 0.238. The number of nitrogens with zero attached hydrogens (tertiary/aromatic N) is 2. The van der Waals surface area contributed by atoms with Crippen LogP contribution in [0.1, 0.15) is 5.69 Å². The van der Waals surface area contributed by atoms with E-state index in [4.69, 9.17) is 10.8 Å². The smallest absolute Gasteiger partial charge is 0.138 e. The Kier molecular flexibility index (Phi) is 4.01. The molecule has 1 atom stereocenters. The highest BCUT2D eigenvalue weighted by molar-refractivity contribution is 7.99. The third-order valence-corrected chi connectivity index (χ3v) is 3.56. The fourth-order valence-electron chi connectivity index (χ4n) is 1.55. The number of rotatable bonds is 5. The predicted molar refractivity (Wildman–Crippen MR) is 66.9 cm³/mol. The van der Waals surface area contributed by atoms with Crippen LogP contribution in [0.3, 0.4) is 0 Å². The lowest BCUT2D eigenvalue weighted by Crippen LogP contribution is -2.14. The van der Waals surface area contributed by atoms with E-state index in [1.807, 2.05) is 28.8 Å². The number of thioether (sulfide) groups is 1. The van der Waals surface area contributed by atoms with E-state index in [1.54, 1.807) is 0 Å². The van der Waals surface area contributed by atoms with Crippen LogP contribution in [0.2, 0.25) is 0 Å². The number of hydrogen-bond donors (Lipinski definition) is 3. The molecule has 0 aliphatic carbocycles. The second kappa shape index (κ2) is 5.50. The number of aliphatic hydroxyl groups is 2. The Labute approximate surface area is 103 Å². The van der Waals surface area contributed by atoms with Gasteiger partial charge in [-0.15, -0.1) is 11.8 Å². The van der Waals surface area contributed by atoms with Gasteiger partial charge in [-0.25, -0.2) is 4.98 Å². The molecule has 0 bridgehead atoms. The van der Waals surface area contributed by atoms with Gasteiger partial charge >= 0.3 is 0 Å². The molecule has 0 aliphatic rings. The summed E-state index contributed by atoms with van der Waals surface area (Å²) in [5, 5.41) is 18.9. The van der Waals surface area contributed by atoms with Crippen LogP contribution in [0.15, 0.2) is 29.4 Å².